The summed E-state index contributed by atoms with van der Waals surface area (Å²) >= 11 is 0. The minimum atomic E-state index is -1.20. The predicted octanol–water partition coefficient (Wildman–Crippen LogP) is -2.34. The van der Waals surface area contributed by atoms with Crippen molar-refractivity contribution in [2.45, 2.75) is 76.5 Å². The number of carboxylic acid groups (broad SMARTS) is 1. The van der Waals surface area contributed by atoms with Gasteiger partial charge in [0, 0.05) is 24.9 Å². The summed E-state index contributed by atoms with van der Waals surface area (Å²) in [6.45, 7) is 4.14. The second kappa shape index (κ2) is 16.9. The molecule has 0 aliphatic rings. The van der Waals surface area contributed by atoms with Crippen LogP contribution in [0.2, 0.25) is 0 Å². The van der Waals surface area contributed by atoms with Crippen LogP contribution in [0, 0.1) is 5.92 Å². The van der Waals surface area contributed by atoms with E-state index in [0.29, 0.717) is 31.5 Å². The summed E-state index contributed by atoms with van der Waals surface area (Å²) in [5.74, 6) is -3.36. The zero-order chi connectivity index (χ0) is 28.7. The van der Waals surface area contributed by atoms with Crippen LogP contribution >= 0.6 is 0 Å². The molecule has 0 radical (unpaired) electrons. The van der Waals surface area contributed by atoms with Gasteiger partial charge < -0.3 is 49.0 Å². The highest BCUT2D eigenvalue weighted by atomic mass is 16.4. The molecule has 0 saturated carbocycles. The summed E-state index contributed by atoms with van der Waals surface area (Å²) in [7, 11) is 0. The van der Waals surface area contributed by atoms with Crippen molar-refractivity contribution in [1.29, 1.82) is 0 Å². The van der Waals surface area contributed by atoms with Crippen LogP contribution in [-0.2, 0) is 25.6 Å². The first kappa shape index (κ1) is 32.3. The van der Waals surface area contributed by atoms with Gasteiger partial charge in [-0.05, 0) is 44.6 Å². The number of nitrogens with two attached hydrogens (primary N) is 4. The van der Waals surface area contributed by atoms with Crippen molar-refractivity contribution in [3.8, 4) is 0 Å². The van der Waals surface area contributed by atoms with E-state index in [1.807, 2.05) is 0 Å². The van der Waals surface area contributed by atoms with Gasteiger partial charge in [-0.3, -0.25) is 19.4 Å². The van der Waals surface area contributed by atoms with Crippen molar-refractivity contribution in [3.05, 3.63) is 18.2 Å². The van der Waals surface area contributed by atoms with E-state index in [0.717, 1.165) is 0 Å². The van der Waals surface area contributed by atoms with Gasteiger partial charge in [0.1, 0.15) is 18.1 Å². The smallest absolute Gasteiger partial charge is 0.326 e. The SMILES string of the molecule is CC(C)C(N)C(=O)NC(Cc1cnc[nH]1)C(=O)NC(CCCN=C(N)N)C(=O)NC(CCCCN)C(=O)O. The van der Waals surface area contributed by atoms with E-state index >= 15 is 0 Å². The summed E-state index contributed by atoms with van der Waals surface area (Å²) in [6, 6.07) is -4.21. The van der Waals surface area contributed by atoms with Gasteiger partial charge in [0.05, 0.1) is 12.4 Å². The molecule has 0 saturated heterocycles. The monoisotopic (exact) mass is 538 g/mol. The quantitative estimate of drug-likeness (QED) is 0.0545. The van der Waals surface area contributed by atoms with E-state index in [1.54, 1.807) is 13.8 Å². The van der Waals surface area contributed by atoms with Crippen LogP contribution in [0.4, 0.5) is 0 Å². The Morgan fingerprint density at radius 2 is 1.58 bits per heavy atom. The number of aromatic amines is 1. The minimum absolute atomic E-state index is 0.0571. The Balaban J connectivity index is 3.08. The first-order valence-corrected chi connectivity index (χ1v) is 12.6. The van der Waals surface area contributed by atoms with Crippen LogP contribution in [0.3, 0.4) is 0 Å². The largest absolute Gasteiger partial charge is 0.480 e. The molecule has 0 spiro atoms. The lowest BCUT2D eigenvalue weighted by molar-refractivity contribution is -0.142. The van der Waals surface area contributed by atoms with E-state index < -0.39 is 47.9 Å². The van der Waals surface area contributed by atoms with Gasteiger partial charge in [-0.2, -0.15) is 0 Å². The average Bonchev–Trinajstić information content (AvgIpc) is 3.36. The molecule has 214 valence electrons. The Kier molecular flexibility index (Phi) is 14.4. The summed E-state index contributed by atoms with van der Waals surface area (Å²) in [6.07, 6.45) is 4.71. The molecule has 4 atom stereocenters. The summed E-state index contributed by atoms with van der Waals surface area (Å²) < 4.78 is 0. The maximum atomic E-state index is 13.3. The van der Waals surface area contributed by atoms with E-state index in [-0.39, 0.29) is 37.7 Å². The Morgan fingerprint density at radius 3 is 2.13 bits per heavy atom. The van der Waals surface area contributed by atoms with Gasteiger partial charge in [0.15, 0.2) is 5.96 Å². The molecule has 38 heavy (non-hydrogen) atoms. The number of hydrogen-bond acceptors (Lipinski definition) is 8. The van der Waals surface area contributed by atoms with Gasteiger partial charge in [-0.15, -0.1) is 0 Å². The molecule has 1 aromatic rings. The normalized spacial score (nSPS) is 14.1. The Labute approximate surface area is 222 Å². The minimum Gasteiger partial charge on any atom is -0.480 e. The van der Waals surface area contributed by atoms with Crippen LogP contribution < -0.4 is 38.9 Å². The Hall–Kier alpha value is -3.72. The number of aliphatic carboxylic acids is 1. The molecule has 1 rings (SSSR count). The fourth-order valence-corrected chi connectivity index (χ4v) is 3.46. The zero-order valence-corrected chi connectivity index (χ0v) is 22.0. The molecule has 0 aliphatic carbocycles. The molecule has 0 aromatic carbocycles. The van der Waals surface area contributed by atoms with E-state index in [9.17, 15) is 24.3 Å². The summed E-state index contributed by atoms with van der Waals surface area (Å²) in [5, 5.41) is 17.3. The highest BCUT2D eigenvalue weighted by Crippen LogP contribution is 2.07. The fourth-order valence-electron chi connectivity index (χ4n) is 3.46. The molecular weight excluding hydrogens is 496 g/mol. The summed E-state index contributed by atoms with van der Waals surface area (Å²) in [5.41, 5.74) is 22.7. The third-order valence-corrected chi connectivity index (χ3v) is 5.77. The van der Waals surface area contributed by atoms with Crippen molar-refractivity contribution < 1.29 is 24.3 Å². The number of guanidine groups is 1. The number of rotatable bonds is 18. The third kappa shape index (κ3) is 12.0. The van der Waals surface area contributed by atoms with Crippen LogP contribution in [0.5, 0.6) is 0 Å². The molecule has 1 aromatic heterocycles. The maximum absolute atomic E-state index is 13.3. The fraction of sp³-hybridized carbons (Fsp3) is 0.652. The van der Waals surface area contributed by atoms with Gasteiger partial charge in [0.2, 0.25) is 17.7 Å². The van der Waals surface area contributed by atoms with Crippen molar-refractivity contribution in [3.63, 3.8) is 0 Å². The number of aliphatic imine (C=N–C) groups is 1. The molecule has 15 nitrogen and oxygen atoms in total. The lowest BCUT2D eigenvalue weighted by atomic mass is 10.0. The molecule has 0 bridgehead atoms. The van der Waals surface area contributed by atoms with E-state index in [2.05, 4.69) is 30.9 Å². The van der Waals surface area contributed by atoms with E-state index in [1.165, 1.54) is 12.5 Å². The first-order chi connectivity index (χ1) is 18.0. The van der Waals surface area contributed by atoms with Crippen LogP contribution in [0.25, 0.3) is 0 Å². The molecule has 1 heterocycles. The number of amides is 3. The second-order valence-electron chi connectivity index (χ2n) is 9.31. The van der Waals surface area contributed by atoms with Crippen LogP contribution in [0.1, 0.15) is 51.6 Å². The number of imidazole rings is 1. The number of carboxylic acids is 1. The standard InChI is InChI=1S/C23H42N10O5/c1-13(2)18(25)21(36)33-17(10-14-11-28-12-30-14)20(35)31-15(7-5-9-29-23(26)27)19(34)32-16(22(37)38)6-3-4-8-24/h11-13,15-18H,3-10,24-25H2,1-2H3,(H,28,30)(H,31,35)(H,32,34)(H,33,36)(H,37,38)(H4,26,27,29). The predicted molar refractivity (Wildman–Crippen MR) is 141 cm³/mol. The summed E-state index contributed by atoms with van der Waals surface area (Å²) in [4.78, 5) is 61.4. The number of carbonyl (C=O) groups is 4. The van der Waals surface area contributed by atoms with Crippen LogP contribution in [-0.4, -0.2) is 82.0 Å². The topological polar surface area (TPSA) is 270 Å². The number of carbonyl (C=O) groups excluding carboxylic acids is 3. The number of hydrogen-bond donors (Lipinski definition) is 9. The number of H-pyrrole nitrogens is 1. The second-order valence-corrected chi connectivity index (χ2v) is 9.31. The Bertz CT molecular complexity index is 918. The lowest BCUT2D eigenvalue weighted by Gasteiger charge is -2.25. The molecule has 15 heteroatoms. The van der Waals surface area contributed by atoms with Gasteiger partial charge in [-0.25, -0.2) is 9.78 Å². The lowest BCUT2D eigenvalue weighted by Crippen LogP contribution is -2.58. The number of aromatic nitrogens is 2. The molecule has 0 aliphatic heterocycles. The third-order valence-electron chi connectivity index (χ3n) is 5.77. The van der Waals surface area contributed by atoms with Crippen molar-refractivity contribution in [2.75, 3.05) is 13.1 Å². The van der Waals surface area contributed by atoms with Gasteiger partial charge in [0.25, 0.3) is 0 Å². The number of nitrogens with one attached hydrogen (secondary N) is 4. The zero-order valence-electron chi connectivity index (χ0n) is 22.0. The van der Waals surface area contributed by atoms with Crippen LogP contribution in [0.15, 0.2) is 17.5 Å². The molecule has 4 unspecified atom stereocenters. The van der Waals surface area contributed by atoms with Gasteiger partial charge >= 0.3 is 5.97 Å². The Morgan fingerprint density at radius 1 is 0.974 bits per heavy atom. The molecule has 13 N–H and O–H groups in total. The van der Waals surface area contributed by atoms with Crippen molar-refractivity contribution in [2.24, 2.45) is 33.8 Å². The van der Waals surface area contributed by atoms with Crippen molar-refractivity contribution >= 4 is 29.7 Å². The maximum Gasteiger partial charge on any atom is 0.326 e. The molecule has 0 fully saturated rings. The number of nitrogens with zero attached hydrogens (tertiary/aromatic N) is 2. The molecule has 3 amide bonds. The highest BCUT2D eigenvalue weighted by Gasteiger charge is 2.31. The van der Waals surface area contributed by atoms with E-state index in [4.69, 9.17) is 22.9 Å². The first-order valence-electron chi connectivity index (χ1n) is 12.6. The average molecular weight is 539 g/mol. The molecular formula is C23H42N10O5. The highest BCUT2D eigenvalue weighted by molar-refractivity contribution is 5.94. The number of unbranched alkanes of at least 4 members (excludes halogenated alkanes) is 1. The van der Waals surface area contributed by atoms with Gasteiger partial charge in [-0.1, -0.05) is 13.8 Å². The van der Waals surface area contributed by atoms with Crippen molar-refractivity contribution in [1.82, 2.24) is 25.9 Å².